The molecule has 2 N–H and O–H groups in total. The van der Waals surface area contributed by atoms with Crippen molar-refractivity contribution in [1.82, 2.24) is 15.3 Å². The van der Waals surface area contributed by atoms with E-state index < -0.39 is 0 Å². The molecule has 0 spiro atoms. The normalized spacial score (nSPS) is 9.46. The summed E-state index contributed by atoms with van der Waals surface area (Å²) in [6.45, 7) is 0. The second-order valence-electron chi connectivity index (χ2n) is 2.54. The lowest BCUT2D eigenvalue weighted by Gasteiger charge is -1.86. The van der Waals surface area contributed by atoms with Gasteiger partial charge in [-0.05, 0) is 26.2 Å². The molecule has 0 atom stereocenters. The minimum absolute atomic E-state index is 0.279. The molecule has 0 aliphatic heterocycles. The van der Waals surface area contributed by atoms with Crippen LogP contribution in [0.5, 0.6) is 0 Å². The van der Waals surface area contributed by atoms with Gasteiger partial charge in [0.2, 0.25) is 0 Å². The molecule has 0 saturated heterocycles. The second kappa shape index (κ2) is 4.57. The molecule has 70 valence electrons. The van der Waals surface area contributed by atoms with Gasteiger partial charge in [-0.15, -0.1) is 0 Å². The van der Waals surface area contributed by atoms with E-state index in [1.54, 1.807) is 12.1 Å². The molecule has 0 aliphatic rings. The Bertz CT molecular complexity index is 370. The van der Waals surface area contributed by atoms with Gasteiger partial charge in [-0.2, -0.15) is 0 Å². The van der Waals surface area contributed by atoms with Gasteiger partial charge in [0, 0.05) is 0 Å². The summed E-state index contributed by atoms with van der Waals surface area (Å²) in [5.41, 5.74) is 1.14. The first-order chi connectivity index (χ1) is 6.29. The van der Waals surface area contributed by atoms with Crippen LogP contribution in [0.15, 0.2) is 24.5 Å². The number of halogens is 1. The lowest BCUT2D eigenvalue weighted by molar-refractivity contribution is 0.637. The van der Waals surface area contributed by atoms with Crippen LogP contribution in [0.4, 0.5) is 4.39 Å². The number of nitrogens with one attached hydrogen (secondary N) is 2. The third-order valence-corrected chi connectivity index (χ3v) is 1.40. The Morgan fingerprint density at radius 2 is 2.08 bits per heavy atom. The number of nitrogens with zero attached hydrogens (tertiary/aromatic N) is 1. The Hall–Kier alpha value is -1.42. The smallest absolute Gasteiger partial charge is 0.151 e. The highest BCUT2D eigenvalue weighted by molar-refractivity contribution is 5.74. The van der Waals surface area contributed by atoms with Gasteiger partial charge in [0.05, 0.1) is 11.8 Å². The summed E-state index contributed by atoms with van der Waals surface area (Å²) in [4.78, 5) is 6.60. The summed E-state index contributed by atoms with van der Waals surface area (Å²) >= 11 is 0. The third-order valence-electron chi connectivity index (χ3n) is 1.40. The van der Waals surface area contributed by atoms with Crippen molar-refractivity contribution in [3.05, 3.63) is 30.3 Å². The minimum Gasteiger partial charge on any atom is -0.345 e. The monoisotopic (exact) mass is 181 g/mol. The summed E-state index contributed by atoms with van der Waals surface area (Å²) in [6.07, 6.45) is 1.48. The molecule has 2 aromatic rings. The van der Waals surface area contributed by atoms with Crippen molar-refractivity contribution in [2.75, 3.05) is 14.1 Å². The van der Waals surface area contributed by atoms with Gasteiger partial charge in [-0.25, -0.2) is 9.37 Å². The number of fused-ring (bicyclic) bond motifs is 1. The summed E-state index contributed by atoms with van der Waals surface area (Å²) in [5.74, 6) is -0.279. The highest BCUT2D eigenvalue weighted by atomic mass is 19.1. The standard InChI is InChI=1S/C7H5FN2.C2H7N/c8-5-2-1-3-6-7(5)10-4-9-6;1-3-2/h1-4H,(H,9,10);3H,1-2H3. The van der Waals surface area contributed by atoms with Crippen molar-refractivity contribution in [3.8, 4) is 0 Å². The molecule has 1 aromatic carbocycles. The van der Waals surface area contributed by atoms with Crippen LogP contribution in [0.3, 0.4) is 0 Å². The molecule has 0 radical (unpaired) electrons. The second-order valence-corrected chi connectivity index (χ2v) is 2.54. The van der Waals surface area contributed by atoms with Gasteiger partial charge >= 0.3 is 0 Å². The summed E-state index contributed by atoms with van der Waals surface area (Å²) in [7, 11) is 3.75. The molecule has 0 amide bonds. The lowest BCUT2D eigenvalue weighted by Crippen LogP contribution is -1.89. The van der Waals surface area contributed by atoms with Crippen LogP contribution in [0.1, 0.15) is 0 Å². The third kappa shape index (κ3) is 2.26. The number of H-pyrrole nitrogens is 1. The van der Waals surface area contributed by atoms with E-state index in [4.69, 9.17) is 0 Å². The fraction of sp³-hybridized carbons (Fsp3) is 0.222. The van der Waals surface area contributed by atoms with Crippen LogP contribution in [0.2, 0.25) is 0 Å². The molecule has 2 rings (SSSR count). The molecule has 13 heavy (non-hydrogen) atoms. The average molecular weight is 181 g/mol. The fourth-order valence-corrected chi connectivity index (χ4v) is 0.929. The van der Waals surface area contributed by atoms with Crippen LogP contribution < -0.4 is 5.32 Å². The first-order valence-electron chi connectivity index (χ1n) is 3.95. The molecule has 1 heterocycles. The number of rotatable bonds is 0. The van der Waals surface area contributed by atoms with Gasteiger partial charge in [0.25, 0.3) is 0 Å². The zero-order valence-electron chi connectivity index (χ0n) is 7.63. The zero-order chi connectivity index (χ0) is 9.68. The number of hydrogen-bond acceptors (Lipinski definition) is 2. The van der Waals surface area contributed by atoms with Crippen LogP contribution in [-0.2, 0) is 0 Å². The van der Waals surface area contributed by atoms with Gasteiger partial charge in [-0.1, -0.05) is 6.07 Å². The van der Waals surface area contributed by atoms with Crippen molar-refractivity contribution in [3.63, 3.8) is 0 Å². The number of hydrogen-bond donors (Lipinski definition) is 2. The quantitative estimate of drug-likeness (QED) is 0.647. The van der Waals surface area contributed by atoms with Crippen molar-refractivity contribution in [1.29, 1.82) is 0 Å². The van der Waals surface area contributed by atoms with E-state index in [1.165, 1.54) is 12.4 Å². The molecule has 0 aliphatic carbocycles. The predicted molar refractivity (Wildman–Crippen MR) is 51.0 cm³/mol. The first-order valence-corrected chi connectivity index (χ1v) is 3.95. The molecule has 3 nitrogen and oxygen atoms in total. The maximum atomic E-state index is 12.7. The number of aromatic nitrogens is 2. The van der Waals surface area contributed by atoms with E-state index in [0.717, 1.165) is 5.52 Å². The number of aromatic amines is 1. The van der Waals surface area contributed by atoms with Crippen molar-refractivity contribution in [2.45, 2.75) is 0 Å². The van der Waals surface area contributed by atoms with Gasteiger partial charge in [0.15, 0.2) is 5.82 Å². The molecular weight excluding hydrogens is 169 g/mol. The molecular formula is C9H12FN3. The molecule has 4 heteroatoms. The predicted octanol–water partition coefficient (Wildman–Crippen LogP) is 1.54. The summed E-state index contributed by atoms with van der Waals surface area (Å²) in [5, 5.41) is 2.75. The molecule has 0 unspecified atom stereocenters. The molecule has 0 saturated carbocycles. The molecule has 1 aromatic heterocycles. The van der Waals surface area contributed by atoms with Gasteiger partial charge in [-0.3, -0.25) is 0 Å². The maximum absolute atomic E-state index is 12.7. The summed E-state index contributed by atoms with van der Waals surface area (Å²) in [6, 6.07) is 4.82. The van der Waals surface area contributed by atoms with Gasteiger partial charge < -0.3 is 10.3 Å². The van der Waals surface area contributed by atoms with Crippen LogP contribution in [0.25, 0.3) is 11.0 Å². The topological polar surface area (TPSA) is 40.7 Å². The summed E-state index contributed by atoms with van der Waals surface area (Å²) < 4.78 is 12.7. The SMILES string of the molecule is CNC.Fc1cccc2[nH]cnc12. The lowest BCUT2D eigenvalue weighted by atomic mass is 10.3. The highest BCUT2D eigenvalue weighted by Gasteiger charge is 1.99. The van der Waals surface area contributed by atoms with E-state index in [0.29, 0.717) is 5.52 Å². The fourth-order valence-electron chi connectivity index (χ4n) is 0.929. The zero-order valence-corrected chi connectivity index (χ0v) is 7.63. The van der Waals surface area contributed by atoms with E-state index in [1.807, 2.05) is 14.1 Å². The molecule has 0 fully saturated rings. The van der Waals surface area contributed by atoms with E-state index >= 15 is 0 Å². The van der Waals surface area contributed by atoms with E-state index in [9.17, 15) is 4.39 Å². The Morgan fingerprint density at radius 1 is 1.38 bits per heavy atom. The van der Waals surface area contributed by atoms with Crippen molar-refractivity contribution < 1.29 is 4.39 Å². The largest absolute Gasteiger partial charge is 0.345 e. The number of benzene rings is 1. The number of imidazole rings is 1. The Balaban J connectivity index is 0.000000251. The van der Waals surface area contributed by atoms with Crippen LogP contribution in [0, 0.1) is 5.82 Å². The molecule has 0 bridgehead atoms. The van der Waals surface area contributed by atoms with Gasteiger partial charge in [0.1, 0.15) is 5.52 Å². The van der Waals surface area contributed by atoms with Crippen LogP contribution in [-0.4, -0.2) is 24.1 Å². The van der Waals surface area contributed by atoms with Crippen LogP contribution >= 0.6 is 0 Å². The maximum Gasteiger partial charge on any atom is 0.151 e. The number of para-hydroxylation sites is 1. The Kier molecular flexibility index (Phi) is 3.40. The minimum atomic E-state index is -0.279. The highest BCUT2D eigenvalue weighted by Crippen LogP contribution is 2.11. The Morgan fingerprint density at radius 3 is 2.69 bits per heavy atom. The Labute approximate surface area is 76.0 Å². The van der Waals surface area contributed by atoms with Crippen molar-refractivity contribution in [2.24, 2.45) is 0 Å². The first kappa shape index (κ1) is 9.67. The van der Waals surface area contributed by atoms with E-state index in [-0.39, 0.29) is 5.82 Å². The van der Waals surface area contributed by atoms with Crippen molar-refractivity contribution >= 4 is 11.0 Å². The average Bonchev–Trinajstić information content (AvgIpc) is 2.54. The van der Waals surface area contributed by atoms with E-state index in [2.05, 4.69) is 15.3 Å².